The van der Waals surface area contributed by atoms with Crippen LogP contribution in [0.4, 0.5) is 0 Å². The zero-order valence-corrected chi connectivity index (χ0v) is 33.8. The van der Waals surface area contributed by atoms with Gasteiger partial charge in [0.1, 0.15) is 11.2 Å². The molecule has 6 nitrogen and oxygen atoms in total. The van der Waals surface area contributed by atoms with Crippen LogP contribution in [0.5, 0.6) is 0 Å². The molecule has 0 unspecified atom stereocenters. The number of benzene rings is 9. The van der Waals surface area contributed by atoms with Crippen molar-refractivity contribution >= 4 is 70.7 Å². The Kier molecular flexibility index (Phi) is 7.80. The summed E-state index contributed by atoms with van der Waals surface area (Å²) in [6.45, 7) is 0. The highest BCUT2D eigenvalue weighted by atomic mass is 15.1. The van der Waals surface area contributed by atoms with E-state index in [2.05, 4.69) is 186 Å². The van der Waals surface area contributed by atoms with Crippen molar-refractivity contribution < 1.29 is 0 Å². The second-order valence-corrected chi connectivity index (χ2v) is 16.1. The van der Waals surface area contributed by atoms with Gasteiger partial charge in [-0.15, -0.1) is 0 Å². The summed E-state index contributed by atoms with van der Waals surface area (Å²) in [7, 11) is 0. The van der Waals surface area contributed by atoms with Crippen molar-refractivity contribution in [3.05, 3.63) is 206 Å². The van der Waals surface area contributed by atoms with Gasteiger partial charge in [-0.25, -0.2) is 24.9 Å². The van der Waals surface area contributed by atoms with Gasteiger partial charge in [-0.2, -0.15) is 0 Å². The summed E-state index contributed by atoms with van der Waals surface area (Å²) < 4.78 is 2.07. The SMILES string of the molecule is c1cc(-c2ccc(-c3nc(-c4cc5ccccc5c5ccccc45)nc(-c4cc5ccccc5c5ccccc45)n3)cc2)cc(-c2nc3c(nc4ccccn43)c3ccccc23)c1. The van der Waals surface area contributed by atoms with Gasteiger partial charge in [0.15, 0.2) is 23.1 Å². The molecule has 0 aliphatic rings. The van der Waals surface area contributed by atoms with Crippen LogP contribution in [0.2, 0.25) is 0 Å². The lowest BCUT2D eigenvalue weighted by molar-refractivity contribution is 1.08. The minimum Gasteiger partial charge on any atom is -0.284 e. The molecule has 6 heteroatoms. The smallest absolute Gasteiger partial charge is 0.165 e. The standard InChI is InChI=1S/C57H34N6/c1-3-18-41-38(14-1)33-49(45-22-7-5-20-43(41)45)55-60-54(61-56(62-55)50-34-39-15-2-4-19-42(39)44-21-6-8-23-46(44)50)36-29-27-35(28-30-36)37-16-13-17-40(32-37)52-47-24-9-10-25-48(47)53-57(59-52)63-31-12-11-26-51(63)58-53/h1-34H. The third-order valence-electron chi connectivity index (χ3n) is 12.4. The number of hydrogen-bond donors (Lipinski definition) is 0. The van der Waals surface area contributed by atoms with Crippen LogP contribution >= 0.6 is 0 Å². The molecule has 0 fully saturated rings. The minimum absolute atomic E-state index is 0.613. The van der Waals surface area contributed by atoms with E-state index in [-0.39, 0.29) is 0 Å². The zero-order valence-electron chi connectivity index (χ0n) is 33.8. The summed E-state index contributed by atoms with van der Waals surface area (Å²) >= 11 is 0. The predicted molar refractivity (Wildman–Crippen MR) is 259 cm³/mol. The molecule has 13 aromatic rings. The summed E-state index contributed by atoms with van der Waals surface area (Å²) in [5.41, 5.74) is 9.60. The monoisotopic (exact) mass is 802 g/mol. The van der Waals surface area contributed by atoms with E-state index in [1.165, 1.54) is 21.5 Å². The number of pyridine rings is 2. The Balaban J connectivity index is 0.967. The van der Waals surface area contributed by atoms with Crippen LogP contribution in [0, 0.1) is 0 Å². The first kappa shape index (κ1) is 35.2. The van der Waals surface area contributed by atoms with Crippen molar-refractivity contribution in [1.29, 1.82) is 0 Å². The molecule has 63 heavy (non-hydrogen) atoms. The summed E-state index contributed by atoms with van der Waals surface area (Å²) in [6, 6.07) is 70.3. The van der Waals surface area contributed by atoms with Gasteiger partial charge in [0.25, 0.3) is 0 Å². The largest absolute Gasteiger partial charge is 0.284 e. The summed E-state index contributed by atoms with van der Waals surface area (Å²) in [5.74, 6) is 1.88. The average Bonchev–Trinajstić information content (AvgIpc) is 3.74. The molecule has 9 aromatic carbocycles. The Labute approximate surface area is 361 Å². The lowest BCUT2D eigenvalue weighted by Gasteiger charge is -2.14. The molecule has 4 aromatic heterocycles. The maximum atomic E-state index is 5.34. The molecule has 0 aliphatic carbocycles. The maximum Gasteiger partial charge on any atom is 0.165 e. The Bertz CT molecular complexity index is 3840. The number of aromatic nitrogens is 6. The first-order valence-electron chi connectivity index (χ1n) is 21.2. The molecule has 0 bridgehead atoms. The number of nitrogens with zero attached hydrogens (tertiary/aromatic N) is 6. The molecule has 0 amide bonds. The summed E-state index contributed by atoms with van der Waals surface area (Å²) in [6.07, 6.45) is 2.03. The number of hydrogen-bond acceptors (Lipinski definition) is 5. The van der Waals surface area contributed by atoms with Crippen molar-refractivity contribution in [1.82, 2.24) is 29.3 Å². The lowest BCUT2D eigenvalue weighted by Crippen LogP contribution is -2.01. The van der Waals surface area contributed by atoms with Crippen molar-refractivity contribution in [2.45, 2.75) is 0 Å². The maximum absolute atomic E-state index is 5.34. The number of imidazole rings is 1. The van der Waals surface area contributed by atoms with Crippen LogP contribution in [-0.2, 0) is 0 Å². The molecular formula is C57H34N6. The van der Waals surface area contributed by atoms with Gasteiger partial charge < -0.3 is 0 Å². The predicted octanol–water partition coefficient (Wildman–Crippen LogP) is 14.2. The molecular weight excluding hydrogens is 769 g/mol. The second-order valence-electron chi connectivity index (χ2n) is 16.1. The van der Waals surface area contributed by atoms with Crippen LogP contribution in [0.25, 0.3) is 127 Å². The lowest BCUT2D eigenvalue weighted by atomic mass is 9.96. The number of rotatable bonds is 5. The fraction of sp³-hybridized carbons (Fsp3) is 0. The van der Waals surface area contributed by atoms with Crippen molar-refractivity contribution in [2.75, 3.05) is 0 Å². The van der Waals surface area contributed by atoms with E-state index in [1.807, 2.05) is 24.4 Å². The topological polar surface area (TPSA) is 68.9 Å². The van der Waals surface area contributed by atoms with Crippen LogP contribution in [0.1, 0.15) is 0 Å². The van der Waals surface area contributed by atoms with Gasteiger partial charge in [-0.1, -0.05) is 170 Å². The molecule has 4 heterocycles. The van der Waals surface area contributed by atoms with Gasteiger partial charge >= 0.3 is 0 Å². The van der Waals surface area contributed by atoms with Crippen molar-refractivity contribution in [3.63, 3.8) is 0 Å². The molecule has 13 rings (SSSR count). The highest BCUT2D eigenvalue weighted by Crippen LogP contribution is 2.39. The quantitative estimate of drug-likeness (QED) is 0.162. The molecule has 0 radical (unpaired) electrons. The zero-order chi connectivity index (χ0) is 41.4. The van der Waals surface area contributed by atoms with E-state index in [9.17, 15) is 0 Å². The molecule has 0 atom stereocenters. The van der Waals surface area contributed by atoms with E-state index in [0.29, 0.717) is 17.5 Å². The highest BCUT2D eigenvalue weighted by molar-refractivity contribution is 6.15. The van der Waals surface area contributed by atoms with E-state index >= 15 is 0 Å². The minimum atomic E-state index is 0.613. The van der Waals surface area contributed by atoms with Crippen LogP contribution in [0.15, 0.2) is 206 Å². The van der Waals surface area contributed by atoms with Gasteiger partial charge in [-0.3, -0.25) is 4.40 Å². The third kappa shape index (κ3) is 5.69. The molecule has 0 N–H and O–H groups in total. The molecule has 0 aliphatic heterocycles. The Hall–Kier alpha value is -8.61. The third-order valence-corrected chi connectivity index (χ3v) is 12.4. The van der Waals surface area contributed by atoms with E-state index in [0.717, 1.165) is 88.2 Å². The Morgan fingerprint density at radius 2 is 0.810 bits per heavy atom. The average molecular weight is 803 g/mol. The van der Waals surface area contributed by atoms with Crippen molar-refractivity contribution in [3.8, 4) is 56.5 Å². The normalized spacial score (nSPS) is 11.8. The fourth-order valence-electron chi connectivity index (χ4n) is 9.43. The first-order chi connectivity index (χ1) is 31.2. The fourth-order valence-corrected chi connectivity index (χ4v) is 9.43. The molecule has 0 saturated heterocycles. The van der Waals surface area contributed by atoms with Gasteiger partial charge in [0.2, 0.25) is 0 Å². The summed E-state index contributed by atoms with van der Waals surface area (Å²) in [5, 5.41) is 11.4. The summed E-state index contributed by atoms with van der Waals surface area (Å²) in [4.78, 5) is 26.1. The van der Waals surface area contributed by atoms with Crippen molar-refractivity contribution in [2.24, 2.45) is 0 Å². The Morgan fingerprint density at radius 1 is 0.302 bits per heavy atom. The van der Waals surface area contributed by atoms with Gasteiger partial charge in [0.05, 0.1) is 5.69 Å². The molecule has 292 valence electrons. The Morgan fingerprint density at radius 3 is 1.46 bits per heavy atom. The van der Waals surface area contributed by atoms with E-state index in [1.54, 1.807) is 0 Å². The molecule has 0 spiro atoms. The van der Waals surface area contributed by atoms with Gasteiger partial charge in [0, 0.05) is 39.2 Å². The van der Waals surface area contributed by atoms with Gasteiger partial charge in [-0.05, 0) is 84.5 Å². The first-order valence-corrected chi connectivity index (χ1v) is 21.2. The van der Waals surface area contributed by atoms with Crippen LogP contribution < -0.4 is 0 Å². The van der Waals surface area contributed by atoms with E-state index < -0.39 is 0 Å². The van der Waals surface area contributed by atoms with Crippen LogP contribution in [0.3, 0.4) is 0 Å². The second kappa shape index (κ2) is 14.0. The van der Waals surface area contributed by atoms with E-state index in [4.69, 9.17) is 24.9 Å². The highest BCUT2D eigenvalue weighted by Gasteiger charge is 2.19. The molecule has 0 saturated carbocycles. The number of fused-ring (bicyclic) bond motifs is 11. The van der Waals surface area contributed by atoms with Crippen LogP contribution in [-0.4, -0.2) is 29.3 Å².